The molecule has 0 saturated heterocycles. The van der Waals surface area contributed by atoms with Crippen molar-refractivity contribution < 1.29 is 14.4 Å². The largest absolute Gasteiger partial charge is 0.356 e. The first-order chi connectivity index (χ1) is 6.05. The lowest BCUT2D eigenvalue weighted by atomic mass is 10.1. The van der Waals surface area contributed by atoms with Gasteiger partial charge in [-0.1, -0.05) is 25.1 Å². The van der Waals surface area contributed by atoms with Crippen molar-refractivity contribution in [3.05, 3.63) is 36.2 Å². The van der Waals surface area contributed by atoms with E-state index in [0.29, 0.717) is 5.56 Å². The third-order valence-corrected chi connectivity index (χ3v) is 2.71. The molecule has 1 aromatic carbocycles. The smallest absolute Gasteiger partial charge is 0.321 e. The van der Waals surface area contributed by atoms with Gasteiger partial charge in [-0.15, -0.1) is 0 Å². The van der Waals surface area contributed by atoms with Crippen LogP contribution in [-0.4, -0.2) is 9.79 Å². The Balaban J connectivity index is 3.12. The van der Waals surface area contributed by atoms with Gasteiger partial charge in [0, 0.05) is 0 Å². The third kappa shape index (κ3) is 2.66. The van der Waals surface area contributed by atoms with Gasteiger partial charge >= 0.3 is 7.60 Å². The van der Waals surface area contributed by atoms with Crippen molar-refractivity contribution in [2.75, 3.05) is 0 Å². The van der Waals surface area contributed by atoms with E-state index in [-0.39, 0.29) is 5.30 Å². The molecule has 0 fully saturated rings. The highest BCUT2D eigenvalue weighted by Gasteiger charge is 2.19. The first-order valence-electron chi connectivity index (χ1n) is 4.04. The van der Waals surface area contributed by atoms with Crippen LogP contribution in [0.5, 0.6) is 0 Å². The minimum atomic E-state index is -4.12. The van der Waals surface area contributed by atoms with Gasteiger partial charge in [0.2, 0.25) is 0 Å². The molecule has 0 amide bonds. The maximum atomic E-state index is 11.0. The Morgan fingerprint density at radius 2 is 2.00 bits per heavy atom. The zero-order valence-electron chi connectivity index (χ0n) is 7.34. The fourth-order valence-corrected chi connectivity index (χ4v) is 1.93. The molecule has 3 nitrogen and oxygen atoms in total. The summed E-state index contributed by atoms with van der Waals surface area (Å²) in [5, 5.41) is 0.108. The molecule has 0 bridgehead atoms. The fraction of sp³-hybridized carbons (Fsp3) is 0.222. The van der Waals surface area contributed by atoms with Crippen LogP contribution in [0, 0.1) is 6.42 Å². The van der Waals surface area contributed by atoms with E-state index >= 15 is 0 Å². The monoisotopic (exact) mass is 199 g/mol. The molecule has 1 aromatic rings. The average Bonchev–Trinajstić information content (AvgIpc) is 2.04. The van der Waals surface area contributed by atoms with Crippen LogP contribution in [0.4, 0.5) is 0 Å². The van der Waals surface area contributed by atoms with Gasteiger partial charge in [-0.25, -0.2) is 0 Å². The molecule has 0 unspecified atom stereocenters. The lowest BCUT2D eigenvalue weighted by molar-refractivity contribution is 0.387. The number of rotatable bonds is 3. The summed E-state index contributed by atoms with van der Waals surface area (Å²) in [4.78, 5) is 18.0. The quantitative estimate of drug-likeness (QED) is 0.724. The van der Waals surface area contributed by atoms with E-state index < -0.39 is 7.60 Å². The molecule has 1 radical (unpaired) electrons. The van der Waals surface area contributed by atoms with Gasteiger partial charge in [0.25, 0.3) is 0 Å². The molecule has 0 aliphatic rings. The molecule has 13 heavy (non-hydrogen) atoms. The Kier molecular flexibility index (Phi) is 3.26. The average molecular weight is 199 g/mol. The highest BCUT2D eigenvalue weighted by molar-refractivity contribution is 7.60. The van der Waals surface area contributed by atoms with Gasteiger partial charge in [-0.2, -0.15) is 0 Å². The van der Waals surface area contributed by atoms with Crippen molar-refractivity contribution in [2.45, 2.75) is 13.3 Å². The standard InChI is InChI=1S/C9H12O3P/c1-2-5-8-6-3-4-7-9(8)13(10,11)12/h3-7H,2H2,1H3,(H2,10,11,12). The summed E-state index contributed by atoms with van der Waals surface area (Å²) >= 11 is 0. The first-order valence-corrected chi connectivity index (χ1v) is 5.65. The topological polar surface area (TPSA) is 57.5 Å². The van der Waals surface area contributed by atoms with Crippen molar-refractivity contribution >= 4 is 12.9 Å². The molecule has 0 atom stereocenters. The van der Waals surface area contributed by atoms with Gasteiger partial charge in [-0.05, 0) is 24.5 Å². The second-order valence-electron chi connectivity index (χ2n) is 2.72. The number of hydrogen-bond donors (Lipinski definition) is 2. The predicted octanol–water partition coefficient (Wildman–Crippen LogP) is 1.45. The Morgan fingerprint density at radius 3 is 2.54 bits per heavy atom. The van der Waals surface area contributed by atoms with E-state index in [1.54, 1.807) is 24.6 Å². The summed E-state index contributed by atoms with van der Waals surface area (Å²) in [6.07, 6.45) is 2.56. The molecule has 1 rings (SSSR count). The Bertz CT molecular complexity index is 329. The van der Waals surface area contributed by atoms with E-state index in [0.717, 1.165) is 6.42 Å². The summed E-state index contributed by atoms with van der Waals surface area (Å²) in [7, 11) is -4.12. The van der Waals surface area contributed by atoms with Gasteiger partial charge in [0.05, 0.1) is 5.30 Å². The highest BCUT2D eigenvalue weighted by atomic mass is 31.2. The lowest BCUT2D eigenvalue weighted by Crippen LogP contribution is -2.09. The zero-order chi connectivity index (χ0) is 9.90. The Labute approximate surface area is 77.6 Å². The Hall–Kier alpha value is -0.630. The molecule has 0 aliphatic heterocycles. The molecule has 2 N–H and O–H groups in total. The number of hydrogen-bond acceptors (Lipinski definition) is 1. The second kappa shape index (κ2) is 4.05. The van der Waals surface area contributed by atoms with Gasteiger partial charge in [0.1, 0.15) is 0 Å². The van der Waals surface area contributed by atoms with Crippen LogP contribution in [0.1, 0.15) is 18.9 Å². The summed E-state index contributed by atoms with van der Waals surface area (Å²) in [5.41, 5.74) is 0.623. The van der Waals surface area contributed by atoms with Gasteiger partial charge in [-0.3, -0.25) is 4.57 Å². The maximum absolute atomic E-state index is 11.0. The van der Waals surface area contributed by atoms with Crippen molar-refractivity contribution in [2.24, 2.45) is 0 Å². The van der Waals surface area contributed by atoms with Crippen molar-refractivity contribution in [3.63, 3.8) is 0 Å². The zero-order valence-corrected chi connectivity index (χ0v) is 8.24. The van der Waals surface area contributed by atoms with Crippen molar-refractivity contribution in [3.8, 4) is 0 Å². The van der Waals surface area contributed by atoms with Crippen molar-refractivity contribution in [1.29, 1.82) is 0 Å². The number of benzene rings is 1. The summed E-state index contributed by atoms with van der Waals surface area (Å²) in [6, 6.07) is 6.56. The molecular formula is C9H12O3P. The molecule has 0 aliphatic carbocycles. The molecule has 0 saturated carbocycles. The summed E-state index contributed by atoms with van der Waals surface area (Å²) in [5.74, 6) is 0. The fourth-order valence-electron chi connectivity index (χ4n) is 1.15. The Morgan fingerprint density at radius 1 is 1.38 bits per heavy atom. The summed E-state index contributed by atoms with van der Waals surface area (Å²) < 4.78 is 11.0. The predicted molar refractivity (Wildman–Crippen MR) is 51.8 cm³/mol. The minimum Gasteiger partial charge on any atom is -0.321 e. The second-order valence-corrected chi connectivity index (χ2v) is 4.29. The SMILES string of the molecule is CC[CH]c1ccccc1P(=O)(O)O. The van der Waals surface area contributed by atoms with Crippen LogP contribution >= 0.6 is 7.60 Å². The van der Waals surface area contributed by atoms with Crippen LogP contribution in [0.3, 0.4) is 0 Å². The van der Waals surface area contributed by atoms with Crippen LogP contribution < -0.4 is 5.30 Å². The maximum Gasteiger partial charge on any atom is 0.356 e. The normalized spacial score (nSPS) is 11.6. The van der Waals surface area contributed by atoms with Gasteiger partial charge in [0.15, 0.2) is 0 Å². The summed E-state index contributed by atoms with van der Waals surface area (Å²) in [6.45, 7) is 1.93. The third-order valence-electron chi connectivity index (χ3n) is 1.67. The van der Waals surface area contributed by atoms with E-state index in [4.69, 9.17) is 9.79 Å². The van der Waals surface area contributed by atoms with Crippen molar-refractivity contribution in [1.82, 2.24) is 0 Å². The van der Waals surface area contributed by atoms with E-state index in [1.165, 1.54) is 6.07 Å². The lowest BCUT2D eigenvalue weighted by Gasteiger charge is -2.08. The van der Waals surface area contributed by atoms with Gasteiger partial charge < -0.3 is 9.79 Å². The molecule has 71 valence electrons. The van der Waals surface area contributed by atoms with E-state index in [9.17, 15) is 4.57 Å². The molecule has 0 spiro atoms. The van der Waals surface area contributed by atoms with Crippen LogP contribution in [0.2, 0.25) is 0 Å². The molecule has 4 heteroatoms. The highest BCUT2D eigenvalue weighted by Crippen LogP contribution is 2.34. The molecule has 0 heterocycles. The van der Waals surface area contributed by atoms with E-state index in [2.05, 4.69) is 0 Å². The van der Waals surface area contributed by atoms with Crippen LogP contribution in [0.15, 0.2) is 24.3 Å². The molecular weight excluding hydrogens is 187 g/mol. The first kappa shape index (κ1) is 10.5. The van der Waals surface area contributed by atoms with Crippen LogP contribution in [-0.2, 0) is 4.57 Å². The van der Waals surface area contributed by atoms with E-state index in [1.807, 2.05) is 6.92 Å². The van der Waals surface area contributed by atoms with Crippen LogP contribution in [0.25, 0.3) is 0 Å². The minimum absolute atomic E-state index is 0.108. The molecule has 0 aromatic heterocycles.